The van der Waals surface area contributed by atoms with E-state index in [4.69, 9.17) is 30.4 Å². The highest BCUT2D eigenvalue weighted by Crippen LogP contribution is 2.55. The van der Waals surface area contributed by atoms with Gasteiger partial charge >= 0.3 is 6.09 Å². The third-order valence-corrected chi connectivity index (χ3v) is 12.7. The van der Waals surface area contributed by atoms with E-state index >= 15 is 0 Å². The van der Waals surface area contributed by atoms with Gasteiger partial charge in [0.25, 0.3) is 5.24 Å². The van der Waals surface area contributed by atoms with Crippen molar-refractivity contribution in [1.82, 2.24) is 15.5 Å². The lowest BCUT2D eigenvalue weighted by Gasteiger charge is -2.39. The fourth-order valence-electron chi connectivity index (χ4n) is 8.41. The summed E-state index contributed by atoms with van der Waals surface area (Å²) in [5.41, 5.74) is 15.0. The van der Waals surface area contributed by atoms with Crippen molar-refractivity contribution >= 4 is 40.6 Å². The molecule has 1 aliphatic carbocycles. The molecule has 2 unspecified atom stereocenters. The predicted octanol–water partition coefficient (Wildman–Crippen LogP) is 2.72. The first-order valence-corrected chi connectivity index (χ1v) is 18.9. The number of amides is 3. The van der Waals surface area contributed by atoms with Crippen molar-refractivity contribution in [3.05, 3.63) is 74.6 Å². The molecule has 0 spiro atoms. The fraction of sp³-hybridized carbons (Fsp3) is 0.462. The zero-order valence-electron chi connectivity index (χ0n) is 31.5. The van der Waals surface area contributed by atoms with Crippen LogP contribution in [0.1, 0.15) is 48.1 Å². The fourth-order valence-corrected chi connectivity index (χ4v) is 9.27. The minimum atomic E-state index is -0.957. The van der Waals surface area contributed by atoms with Crippen molar-refractivity contribution in [2.45, 2.75) is 82.5 Å². The van der Waals surface area contributed by atoms with E-state index in [1.54, 1.807) is 0 Å². The summed E-state index contributed by atoms with van der Waals surface area (Å²) >= 11 is 1.04. The number of piperazine rings is 1. The quantitative estimate of drug-likeness (QED) is 0.192. The molecular weight excluding hydrogens is 731 g/mol. The molecule has 55 heavy (non-hydrogen) atoms. The number of carbonyl (C=O) groups is 5. The van der Waals surface area contributed by atoms with Crippen molar-refractivity contribution in [1.29, 1.82) is 0 Å². The van der Waals surface area contributed by atoms with Gasteiger partial charge in [-0.3, -0.25) is 24.5 Å². The van der Waals surface area contributed by atoms with E-state index in [1.807, 2.05) is 56.9 Å². The van der Waals surface area contributed by atoms with E-state index in [-0.39, 0.29) is 57.7 Å². The number of fused-ring (bicyclic) bond motifs is 5. The lowest BCUT2D eigenvalue weighted by atomic mass is 9.82. The molecule has 8 rings (SSSR count). The summed E-state index contributed by atoms with van der Waals surface area (Å²) in [5, 5.41) is 15.3. The van der Waals surface area contributed by atoms with Gasteiger partial charge in [0, 0.05) is 36.4 Å². The Morgan fingerprint density at radius 3 is 2.42 bits per heavy atom. The van der Waals surface area contributed by atoms with E-state index in [1.165, 1.54) is 14.0 Å². The Balaban J connectivity index is 0.000000174. The molecule has 6 atom stereocenters. The smallest absolute Gasteiger partial charge is 0.404 e. The van der Waals surface area contributed by atoms with Gasteiger partial charge in [0.15, 0.2) is 5.72 Å². The molecule has 0 saturated carbocycles. The van der Waals surface area contributed by atoms with Crippen molar-refractivity contribution < 1.29 is 48.0 Å². The van der Waals surface area contributed by atoms with Crippen LogP contribution in [0.25, 0.3) is 0 Å². The molecule has 5 heterocycles. The Hall–Kier alpha value is -5.06. The number of imide groups is 1. The van der Waals surface area contributed by atoms with Crippen LogP contribution in [0.15, 0.2) is 46.8 Å². The molecule has 3 amide bonds. The summed E-state index contributed by atoms with van der Waals surface area (Å²) in [6, 6.07) is 7.72. The molecule has 6 aliphatic rings. The van der Waals surface area contributed by atoms with Crippen LogP contribution in [0.3, 0.4) is 0 Å². The molecule has 0 aromatic heterocycles. The lowest BCUT2D eigenvalue weighted by Crippen LogP contribution is -2.55. The molecule has 7 N–H and O–H groups in total. The molecule has 292 valence electrons. The Bertz CT molecular complexity index is 2100. The van der Waals surface area contributed by atoms with E-state index in [9.17, 15) is 29.1 Å². The summed E-state index contributed by atoms with van der Waals surface area (Å²) in [7, 11) is 1.52. The number of ether oxygens (including phenoxy) is 4. The van der Waals surface area contributed by atoms with Gasteiger partial charge in [-0.25, -0.2) is 4.79 Å². The Morgan fingerprint density at radius 2 is 1.78 bits per heavy atom. The number of allylic oxidation sites excluding steroid dienone is 2. The number of nitrogens with one attached hydrogen (secondary N) is 2. The first-order chi connectivity index (χ1) is 26.0. The van der Waals surface area contributed by atoms with Crippen LogP contribution < -0.4 is 31.6 Å². The second-order valence-electron chi connectivity index (χ2n) is 15.1. The van der Waals surface area contributed by atoms with Crippen LogP contribution in [0.2, 0.25) is 0 Å². The van der Waals surface area contributed by atoms with E-state index in [2.05, 4.69) is 10.6 Å². The van der Waals surface area contributed by atoms with Gasteiger partial charge in [-0.1, -0.05) is 23.9 Å². The highest BCUT2D eigenvalue weighted by atomic mass is 32.2. The zero-order valence-corrected chi connectivity index (χ0v) is 32.3. The minimum absolute atomic E-state index is 0.0586. The average molecular weight is 776 g/mol. The van der Waals surface area contributed by atoms with E-state index in [0.29, 0.717) is 31.0 Å². The number of carbonyl (C=O) groups excluding carboxylic acids is 5. The third-order valence-electron chi connectivity index (χ3n) is 11.7. The van der Waals surface area contributed by atoms with E-state index < -0.39 is 29.1 Å². The highest BCUT2D eigenvalue weighted by Gasteiger charge is 2.72. The summed E-state index contributed by atoms with van der Waals surface area (Å²) in [5.74, 6) is 0.383. The molecule has 16 heteroatoms. The van der Waals surface area contributed by atoms with Crippen molar-refractivity contribution in [2.24, 2.45) is 17.4 Å². The maximum atomic E-state index is 12.8. The number of thioether (sulfide) groups is 1. The number of nitrogens with two attached hydrogens (primary N) is 2. The topological polar surface area (TPSA) is 232 Å². The molecular formula is C39H45N5O10S. The standard InChI is InChI=1S/C24H27NO5S.C15H18N4O5/c1-13-14(2)21-18(15(3)20(13)26)9-10-24(4,30-21)12-29-17-7-5-16(6-8-17)11-19-22(27)25-23(28)31-19;1-5-9(16)12(21)8-6(4-24-14(17)22)15(23-2)13-7(18-13)3-19(15)10(8)11(5)20/h5-8,19,26H,9-12H2,1-4H3,(H,25,27,28);6-7,13,18H,3-4,16H2,1-2H3,(H2,17,22)/t;6-,7+,13+,15-/m.1/s1. The number of methoxy groups -OCH3 is 1. The van der Waals surface area contributed by atoms with Crippen LogP contribution in [0, 0.1) is 26.7 Å². The van der Waals surface area contributed by atoms with Gasteiger partial charge in [-0.15, -0.1) is 0 Å². The normalized spacial score (nSPS) is 28.8. The number of hydrogen-bond donors (Lipinski definition) is 5. The lowest BCUT2D eigenvalue weighted by molar-refractivity contribution is -0.137. The third kappa shape index (κ3) is 6.39. The van der Waals surface area contributed by atoms with Gasteiger partial charge < -0.3 is 45.7 Å². The largest absolute Gasteiger partial charge is 0.507 e. The van der Waals surface area contributed by atoms with Crippen LogP contribution in [0.5, 0.6) is 17.2 Å². The number of aromatic hydroxyl groups is 1. The highest BCUT2D eigenvalue weighted by molar-refractivity contribution is 8.15. The SMILES string of the molecule is CO[C@@]12[C@H](COC(N)=O)C3=C(C(=O)C(C)=C(N)C3=O)N1C[C@@H]1N[C@@H]12.Cc1c(C)c2c(c(C)c1O)CCC(C)(COc1ccc(CC3SC(=O)NC3=O)cc1)O2. The number of ketones is 2. The Labute approximate surface area is 322 Å². The molecule has 0 radical (unpaired) electrons. The molecule has 3 fully saturated rings. The van der Waals surface area contributed by atoms with Crippen LogP contribution in [0.4, 0.5) is 9.59 Å². The summed E-state index contributed by atoms with van der Waals surface area (Å²) in [6.07, 6.45) is 1.18. The number of hydrogen-bond acceptors (Lipinski definition) is 14. The number of rotatable bonds is 8. The number of phenols is 1. The Kier molecular flexibility index (Phi) is 9.66. The van der Waals surface area contributed by atoms with Crippen LogP contribution in [-0.4, -0.2) is 94.3 Å². The summed E-state index contributed by atoms with van der Waals surface area (Å²) in [4.78, 5) is 61.5. The van der Waals surface area contributed by atoms with Gasteiger partial charge in [-0.05, 0) is 88.3 Å². The van der Waals surface area contributed by atoms with Crippen molar-refractivity contribution in [3.8, 4) is 17.2 Å². The molecule has 2 aromatic rings. The molecule has 3 saturated heterocycles. The van der Waals surface area contributed by atoms with Gasteiger partial charge in [0.2, 0.25) is 17.5 Å². The maximum Gasteiger partial charge on any atom is 0.404 e. The summed E-state index contributed by atoms with van der Waals surface area (Å²) in [6.45, 7) is 10.2. The van der Waals surface area contributed by atoms with Gasteiger partial charge in [-0.2, -0.15) is 0 Å². The Morgan fingerprint density at radius 1 is 1.07 bits per heavy atom. The first-order valence-electron chi connectivity index (χ1n) is 18.1. The summed E-state index contributed by atoms with van der Waals surface area (Å²) < 4.78 is 23.2. The van der Waals surface area contributed by atoms with Gasteiger partial charge in [0.05, 0.1) is 28.6 Å². The van der Waals surface area contributed by atoms with E-state index in [0.717, 1.165) is 63.9 Å². The average Bonchev–Trinajstić information content (AvgIpc) is 3.64. The number of Topliss-reactive ketones (excluding diaryl/α,β-unsaturated/α-hetero) is 2. The second kappa shape index (κ2) is 13.9. The number of nitrogens with zero attached hydrogens (tertiary/aromatic N) is 1. The molecule has 0 bridgehead atoms. The van der Waals surface area contributed by atoms with Crippen molar-refractivity contribution in [3.63, 3.8) is 0 Å². The maximum absolute atomic E-state index is 12.8. The van der Waals surface area contributed by atoms with Crippen molar-refractivity contribution in [2.75, 3.05) is 26.9 Å². The number of benzene rings is 2. The predicted molar refractivity (Wildman–Crippen MR) is 200 cm³/mol. The first kappa shape index (κ1) is 38.2. The number of primary amides is 1. The zero-order chi connectivity index (χ0) is 39.7. The molecule has 2 aromatic carbocycles. The van der Waals surface area contributed by atoms with Crippen LogP contribution >= 0.6 is 11.8 Å². The molecule has 5 aliphatic heterocycles. The monoisotopic (exact) mass is 775 g/mol. The minimum Gasteiger partial charge on any atom is -0.507 e. The van der Waals surface area contributed by atoms with Gasteiger partial charge in [0.1, 0.15) is 36.1 Å². The molecule has 15 nitrogen and oxygen atoms in total. The second-order valence-corrected chi connectivity index (χ2v) is 16.2. The van der Waals surface area contributed by atoms with Crippen LogP contribution in [-0.2, 0) is 36.7 Å². The number of phenolic OH excluding ortho intramolecular Hbond substituents is 1.